The maximum absolute atomic E-state index is 8.61. The lowest BCUT2D eigenvalue weighted by Crippen LogP contribution is -2.32. The summed E-state index contributed by atoms with van der Waals surface area (Å²) in [7, 11) is 0. The Morgan fingerprint density at radius 1 is 0.722 bits per heavy atom. The van der Waals surface area contributed by atoms with E-state index in [2.05, 4.69) is 25.8 Å². The van der Waals surface area contributed by atoms with Gasteiger partial charge in [0.1, 0.15) is 5.60 Å². The second kappa shape index (κ2) is 11.9. The van der Waals surface area contributed by atoms with Gasteiger partial charge < -0.3 is 0 Å². The fourth-order valence-electron chi connectivity index (χ4n) is 2.72. The van der Waals surface area contributed by atoms with E-state index in [4.69, 9.17) is 10.1 Å². The van der Waals surface area contributed by atoms with E-state index in [1.54, 1.807) is 0 Å². The molecule has 0 fully saturated rings. The minimum Gasteiger partial charge on any atom is -0.221 e. The first-order chi connectivity index (χ1) is 8.74. The fraction of sp³-hybridized carbons (Fsp3) is 1.00. The summed E-state index contributed by atoms with van der Waals surface area (Å²) >= 11 is 0. The van der Waals surface area contributed by atoms with Crippen LogP contribution in [0.4, 0.5) is 0 Å². The molecule has 0 atom stereocenters. The van der Waals surface area contributed by atoms with E-state index in [0.29, 0.717) is 0 Å². The smallest absolute Gasteiger partial charge is 0.107 e. The van der Waals surface area contributed by atoms with Crippen LogP contribution in [-0.2, 0) is 9.93 Å². The SMILES string of the molecule is CCCCCCCCC(CCC)(CCC)OOO. The zero-order chi connectivity index (χ0) is 13.7. The van der Waals surface area contributed by atoms with Gasteiger partial charge in [-0.05, 0) is 19.3 Å². The molecule has 18 heavy (non-hydrogen) atoms. The Bertz CT molecular complexity index is 154. The van der Waals surface area contributed by atoms with E-state index in [0.717, 1.165) is 38.5 Å². The number of hydrogen-bond donors (Lipinski definition) is 1. The maximum atomic E-state index is 8.61. The Hall–Kier alpha value is -0.120. The highest BCUT2D eigenvalue weighted by Gasteiger charge is 2.30. The molecule has 0 aromatic carbocycles. The first-order valence-corrected chi connectivity index (χ1v) is 7.74. The third-order valence-corrected chi connectivity index (χ3v) is 3.61. The Kier molecular flexibility index (Phi) is 11.9. The van der Waals surface area contributed by atoms with Crippen LogP contribution in [0.3, 0.4) is 0 Å². The molecule has 0 saturated carbocycles. The summed E-state index contributed by atoms with van der Waals surface area (Å²) in [5.74, 6) is 0. The summed E-state index contributed by atoms with van der Waals surface area (Å²) < 4.78 is 0. The van der Waals surface area contributed by atoms with Crippen molar-refractivity contribution in [3.63, 3.8) is 0 Å². The van der Waals surface area contributed by atoms with E-state index in [1.807, 2.05) is 0 Å². The van der Waals surface area contributed by atoms with E-state index < -0.39 is 0 Å². The van der Waals surface area contributed by atoms with Gasteiger partial charge in [-0.2, -0.15) is 4.89 Å². The van der Waals surface area contributed by atoms with Gasteiger partial charge in [0.2, 0.25) is 0 Å². The zero-order valence-electron chi connectivity index (χ0n) is 12.5. The normalized spacial score (nSPS) is 12.0. The van der Waals surface area contributed by atoms with Crippen LogP contribution in [-0.4, -0.2) is 10.9 Å². The molecule has 0 aliphatic carbocycles. The first-order valence-electron chi connectivity index (χ1n) is 7.74. The fourth-order valence-corrected chi connectivity index (χ4v) is 2.72. The summed E-state index contributed by atoms with van der Waals surface area (Å²) in [5, 5.41) is 12.6. The summed E-state index contributed by atoms with van der Waals surface area (Å²) in [6, 6.07) is 0. The Morgan fingerprint density at radius 2 is 1.28 bits per heavy atom. The van der Waals surface area contributed by atoms with Crippen molar-refractivity contribution in [3.8, 4) is 0 Å². The molecule has 0 aromatic rings. The summed E-state index contributed by atoms with van der Waals surface area (Å²) in [6.07, 6.45) is 12.7. The maximum Gasteiger partial charge on any atom is 0.107 e. The molecule has 0 aliphatic heterocycles. The molecule has 0 radical (unpaired) electrons. The van der Waals surface area contributed by atoms with Crippen LogP contribution >= 0.6 is 0 Å². The molecule has 0 bridgehead atoms. The molecule has 0 aliphatic rings. The second-order valence-corrected chi connectivity index (χ2v) is 5.36. The number of unbranched alkanes of at least 4 members (excludes halogenated alkanes) is 5. The Labute approximate surface area is 113 Å². The highest BCUT2D eigenvalue weighted by atomic mass is 17.5. The summed E-state index contributed by atoms with van der Waals surface area (Å²) in [4.78, 5) is 5.19. The Morgan fingerprint density at radius 3 is 1.78 bits per heavy atom. The molecule has 3 nitrogen and oxygen atoms in total. The summed E-state index contributed by atoms with van der Waals surface area (Å²) in [6.45, 7) is 6.53. The molecule has 110 valence electrons. The van der Waals surface area contributed by atoms with Crippen molar-refractivity contribution in [2.75, 3.05) is 0 Å². The average Bonchev–Trinajstić information content (AvgIpc) is 2.35. The zero-order valence-corrected chi connectivity index (χ0v) is 12.5. The van der Waals surface area contributed by atoms with E-state index in [-0.39, 0.29) is 5.60 Å². The molecule has 0 rings (SSSR count). The molecule has 0 amide bonds. The van der Waals surface area contributed by atoms with Gasteiger partial charge in [0, 0.05) is 0 Å². The first kappa shape index (κ1) is 17.9. The van der Waals surface area contributed by atoms with Crippen LogP contribution < -0.4 is 0 Å². The van der Waals surface area contributed by atoms with Crippen molar-refractivity contribution in [1.82, 2.24) is 0 Å². The monoisotopic (exact) mass is 260 g/mol. The van der Waals surface area contributed by atoms with Crippen LogP contribution in [0.2, 0.25) is 0 Å². The molecule has 0 spiro atoms. The lowest BCUT2D eigenvalue weighted by Gasteiger charge is -2.30. The van der Waals surface area contributed by atoms with Gasteiger partial charge >= 0.3 is 0 Å². The highest BCUT2D eigenvalue weighted by molar-refractivity contribution is 4.78. The third-order valence-electron chi connectivity index (χ3n) is 3.61. The van der Waals surface area contributed by atoms with Crippen molar-refractivity contribution >= 4 is 0 Å². The molecule has 0 heterocycles. The van der Waals surface area contributed by atoms with Crippen LogP contribution in [0, 0.1) is 0 Å². The molecule has 1 N–H and O–H groups in total. The minimum atomic E-state index is -0.275. The largest absolute Gasteiger partial charge is 0.221 e. The van der Waals surface area contributed by atoms with E-state index in [9.17, 15) is 0 Å². The number of rotatable bonds is 13. The van der Waals surface area contributed by atoms with Crippen molar-refractivity contribution < 1.29 is 15.2 Å². The second-order valence-electron chi connectivity index (χ2n) is 5.36. The van der Waals surface area contributed by atoms with Gasteiger partial charge in [-0.3, -0.25) is 0 Å². The quantitative estimate of drug-likeness (QED) is 0.270. The van der Waals surface area contributed by atoms with Crippen molar-refractivity contribution in [3.05, 3.63) is 0 Å². The van der Waals surface area contributed by atoms with Gasteiger partial charge in [0.25, 0.3) is 0 Å². The van der Waals surface area contributed by atoms with Gasteiger partial charge in [-0.25, -0.2) is 5.26 Å². The molecule has 0 saturated heterocycles. The standard InChI is InChI=1S/C15H32O3/c1-4-7-8-9-10-11-14-15(12-5-2,13-6-3)17-18-16/h16H,4-14H2,1-3H3. The molecule has 3 heteroatoms. The minimum absolute atomic E-state index is 0.275. The summed E-state index contributed by atoms with van der Waals surface area (Å²) in [5.41, 5.74) is -0.275. The topological polar surface area (TPSA) is 38.7 Å². The van der Waals surface area contributed by atoms with E-state index >= 15 is 0 Å². The van der Waals surface area contributed by atoms with Crippen LogP contribution in [0.15, 0.2) is 0 Å². The van der Waals surface area contributed by atoms with Crippen LogP contribution in [0.1, 0.15) is 91.4 Å². The van der Waals surface area contributed by atoms with Crippen LogP contribution in [0.5, 0.6) is 0 Å². The van der Waals surface area contributed by atoms with Gasteiger partial charge in [-0.1, -0.05) is 77.2 Å². The lowest BCUT2D eigenvalue weighted by molar-refractivity contribution is -0.528. The van der Waals surface area contributed by atoms with Gasteiger partial charge in [0.15, 0.2) is 0 Å². The predicted octanol–water partition coefficient (Wildman–Crippen LogP) is 5.50. The highest BCUT2D eigenvalue weighted by Crippen LogP contribution is 2.30. The lowest BCUT2D eigenvalue weighted by atomic mass is 9.87. The third kappa shape index (κ3) is 8.06. The van der Waals surface area contributed by atoms with Crippen molar-refractivity contribution in [2.45, 2.75) is 97.0 Å². The van der Waals surface area contributed by atoms with Crippen molar-refractivity contribution in [1.29, 1.82) is 0 Å². The predicted molar refractivity (Wildman–Crippen MR) is 75.3 cm³/mol. The van der Waals surface area contributed by atoms with E-state index in [1.165, 1.54) is 32.1 Å². The molecular formula is C15H32O3. The Balaban J connectivity index is 3.97. The number of hydrogen-bond acceptors (Lipinski definition) is 3. The van der Waals surface area contributed by atoms with Crippen molar-refractivity contribution in [2.24, 2.45) is 0 Å². The average molecular weight is 260 g/mol. The molecule has 0 unspecified atom stereocenters. The van der Waals surface area contributed by atoms with Crippen LogP contribution in [0.25, 0.3) is 0 Å². The molecule has 0 aromatic heterocycles. The van der Waals surface area contributed by atoms with Gasteiger partial charge in [0.05, 0.1) is 0 Å². The molecular weight excluding hydrogens is 228 g/mol. The van der Waals surface area contributed by atoms with Gasteiger partial charge in [-0.15, -0.1) is 0 Å².